The zero-order valence-electron chi connectivity index (χ0n) is 22.6. The molecule has 1 atom stereocenters. The van der Waals surface area contributed by atoms with Crippen molar-refractivity contribution in [2.75, 3.05) is 6.61 Å². The first-order valence-electron chi connectivity index (χ1n) is 12.6. The maximum Gasteiger partial charge on any atom is 0.408 e. The van der Waals surface area contributed by atoms with Crippen molar-refractivity contribution in [3.05, 3.63) is 54.4 Å². The number of carbonyl (C=O) groups excluding carboxylic acids is 1. The fourth-order valence-electron chi connectivity index (χ4n) is 4.70. The van der Waals surface area contributed by atoms with Crippen molar-refractivity contribution < 1.29 is 23.0 Å². The zero-order valence-corrected chi connectivity index (χ0v) is 22.6. The molecular formula is C29H34F2N4O3. The number of aromatic amines is 1. The van der Waals surface area contributed by atoms with Crippen LogP contribution in [0.25, 0.3) is 33.2 Å². The molecule has 1 amide bonds. The number of nitrogens with zero attached hydrogens (tertiary/aromatic N) is 2. The Morgan fingerprint density at radius 1 is 1.08 bits per heavy atom. The van der Waals surface area contributed by atoms with Gasteiger partial charge in [-0.25, -0.2) is 23.5 Å². The summed E-state index contributed by atoms with van der Waals surface area (Å²) in [7, 11) is 0. The highest BCUT2D eigenvalue weighted by atomic mass is 19.3. The Kier molecular flexibility index (Phi) is 7.58. The van der Waals surface area contributed by atoms with Crippen LogP contribution in [0.5, 0.6) is 5.75 Å². The van der Waals surface area contributed by atoms with Gasteiger partial charge < -0.3 is 19.8 Å². The van der Waals surface area contributed by atoms with Crippen LogP contribution in [0, 0.1) is 5.92 Å². The number of aromatic nitrogens is 3. The molecule has 38 heavy (non-hydrogen) atoms. The predicted molar refractivity (Wildman–Crippen MR) is 145 cm³/mol. The molecule has 4 aromatic rings. The maximum atomic E-state index is 14.2. The third-order valence-corrected chi connectivity index (χ3v) is 5.98. The van der Waals surface area contributed by atoms with E-state index < -0.39 is 29.4 Å². The highest BCUT2D eigenvalue weighted by Crippen LogP contribution is 2.36. The van der Waals surface area contributed by atoms with Gasteiger partial charge in [0.25, 0.3) is 6.43 Å². The summed E-state index contributed by atoms with van der Waals surface area (Å²) in [6.45, 7) is 11.1. The minimum atomic E-state index is -2.86. The second kappa shape index (κ2) is 10.6. The standard InChI is InChI=1S/C29H34F2N4O3/c1-17(2)15-29(6,35-27(36)38-28(3,4)5)16-37-22-12-11-21(33-24(22)25(30)31)19-13-14-32-26-23(19)18-9-7-8-10-20(18)34-26/h7-14,17,25H,15-16H2,1-6H3,(H,32,34)(H,35,36)/t29-/m0/s1. The molecule has 0 spiro atoms. The Bertz CT molecular complexity index is 1450. The van der Waals surface area contributed by atoms with Gasteiger partial charge in [-0.05, 0) is 64.3 Å². The van der Waals surface area contributed by atoms with Crippen LogP contribution in [0.1, 0.15) is 60.1 Å². The largest absolute Gasteiger partial charge is 0.489 e. The van der Waals surface area contributed by atoms with Gasteiger partial charge in [0.15, 0.2) is 0 Å². The molecule has 2 N–H and O–H groups in total. The van der Waals surface area contributed by atoms with Gasteiger partial charge in [0.05, 0.1) is 11.2 Å². The molecule has 1 aromatic carbocycles. The third-order valence-electron chi connectivity index (χ3n) is 5.98. The number of rotatable bonds is 8. The molecule has 0 fully saturated rings. The summed E-state index contributed by atoms with van der Waals surface area (Å²) in [4.78, 5) is 24.5. The molecule has 0 aliphatic rings. The third kappa shape index (κ3) is 6.20. The summed E-state index contributed by atoms with van der Waals surface area (Å²) >= 11 is 0. The van der Waals surface area contributed by atoms with E-state index in [1.165, 1.54) is 6.07 Å². The number of alkyl halides is 2. The molecule has 9 heteroatoms. The Balaban J connectivity index is 1.65. The second-order valence-electron chi connectivity index (χ2n) is 11.2. The molecule has 0 saturated carbocycles. The van der Waals surface area contributed by atoms with Crippen molar-refractivity contribution in [1.82, 2.24) is 20.3 Å². The number of amides is 1. The molecule has 0 radical (unpaired) electrons. The molecule has 7 nitrogen and oxygen atoms in total. The summed E-state index contributed by atoms with van der Waals surface area (Å²) in [5.74, 6) is 0.174. The Morgan fingerprint density at radius 3 is 2.50 bits per heavy atom. The average Bonchev–Trinajstić information content (AvgIpc) is 3.19. The first kappa shape index (κ1) is 27.3. The van der Waals surface area contributed by atoms with E-state index in [-0.39, 0.29) is 18.3 Å². The van der Waals surface area contributed by atoms with E-state index >= 15 is 0 Å². The quantitative estimate of drug-likeness (QED) is 0.250. The Labute approximate surface area is 221 Å². The van der Waals surface area contributed by atoms with Gasteiger partial charge in [-0.3, -0.25) is 0 Å². The predicted octanol–water partition coefficient (Wildman–Crippen LogP) is 7.42. The topological polar surface area (TPSA) is 89.1 Å². The van der Waals surface area contributed by atoms with Crippen LogP contribution in [0.15, 0.2) is 48.7 Å². The van der Waals surface area contributed by atoms with Crippen molar-refractivity contribution >= 4 is 28.0 Å². The van der Waals surface area contributed by atoms with Crippen LogP contribution < -0.4 is 10.1 Å². The van der Waals surface area contributed by atoms with Gasteiger partial charge in [0, 0.05) is 28.0 Å². The van der Waals surface area contributed by atoms with Crippen LogP contribution in [0.2, 0.25) is 0 Å². The average molecular weight is 525 g/mol. The van der Waals surface area contributed by atoms with Crippen molar-refractivity contribution in [3.8, 4) is 17.0 Å². The molecular weight excluding hydrogens is 490 g/mol. The fourth-order valence-corrected chi connectivity index (χ4v) is 4.70. The highest BCUT2D eigenvalue weighted by Gasteiger charge is 2.32. The molecule has 3 heterocycles. The normalized spacial score (nSPS) is 13.7. The highest BCUT2D eigenvalue weighted by molar-refractivity contribution is 6.12. The summed E-state index contributed by atoms with van der Waals surface area (Å²) in [6, 6.07) is 12.7. The van der Waals surface area contributed by atoms with Gasteiger partial charge in [0.2, 0.25) is 0 Å². The maximum absolute atomic E-state index is 14.2. The van der Waals surface area contributed by atoms with Crippen LogP contribution in [-0.4, -0.2) is 38.8 Å². The summed E-state index contributed by atoms with van der Waals surface area (Å²) in [5.41, 5.74) is 0.654. The number of benzene rings is 1. The number of fused-ring (bicyclic) bond motifs is 3. The van der Waals surface area contributed by atoms with Gasteiger partial charge in [-0.2, -0.15) is 0 Å². The van der Waals surface area contributed by atoms with E-state index in [4.69, 9.17) is 9.47 Å². The van der Waals surface area contributed by atoms with Gasteiger partial charge in [-0.1, -0.05) is 32.0 Å². The number of hydrogen-bond donors (Lipinski definition) is 2. The van der Waals surface area contributed by atoms with Crippen molar-refractivity contribution in [2.24, 2.45) is 5.92 Å². The minimum absolute atomic E-state index is 0.0334. The molecule has 4 rings (SSSR count). The van der Waals surface area contributed by atoms with E-state index in [9.17, 15) is 13.6 Å². The van der Waals surface area contributed by atoms with E-state index in [1.807, 2.05) is 45.0 Å². The van der Waals surface area contributed by atoms with Gasteiger partial charge in [-0.15, -0.1) is 0 Å². The van der Waals surface area contributed by atoms with E-state index in [1.54, 1.807) is 39.1 Å². The molecule has 202 valence electrons. The van der Waals surface area contributed by atoms with E-state index in [2.05, 4.69) is 20.3 Å². The number of alkyl carbamates (subject to hydrolysis) is 1. The zero-order chi connectivity index (χ0) is 27.7. The Hall–Kier alpha value is -3.75. The van der Waals surface area contributed by atoms with Crippen LogP contribution in [0.3, 0.4) is 0 Å². The molecule has 0 unspecified atom stereocenters. The van der Waals surface area contributed by atoms with E-state index in [0.29, 0.717) is 23.3 Å². The number of hydrogen-bond acceptors (Lipinski definition) is 5. The number of pyridine rings is 2. The monoisotopic (exact) mass is 524 g/mol. The number of nitrogens with one attached hydrogen (secondary N) is 2. The van der Waals surface area contributed by atoms with Crippen LogP contribution in [0.4, 0.5) is 13.6 Å². The van der Waals surface area contributed by atoms with Crippen LogP contribution >= 0.6 is 0 Å². The van der Waals surface area contributed by atoms with Crippen molar-refractivity contribution in [3.63, 3.8) is 0 Å². The number of halogens is 2. The number of H-pyrrole nitrogens is 1. The SMILES string of the molecule is CC(C)C[C@@](C)(COc1ccc(-c2ccnc3[nH]c4ccccc4c23)nc1C(F)F)NC(=O)OC(C)(C)C. The lowest BCUT2D eigenvalue weighted by molar-refractivity contribution is 0.0404. The lowest BCUT2D eigenvalue weighted by Gasteiger charge is -2.33. The Morgan fingerprint density at radius 2 is 1.82 bits per heavy atom. The fraction of sp³-hybridized carbons (Fsp3) is 0.414. The van der Waals surface area contributed by atoms with Crippen molar-refractivity contribution in [2.45, 2.75) is 65.5 Å². The molecule has 0 bridgehead atoms. The van der Waals surface area contributed by atoms with Crippen LogP contribution in [-0.2, 0) is 4.74 Å². The number of para-hydroxylation sites is 1. The minimum Gasteiger partial charge on any atom is -0.489 e. The second-order valence-corrected chi connectivity index (χ2v) is 11.2. The lowest BCUT2D eigenvalue weighted by Crippen LogP contribution is -2.52. The molecule has 0 saturated heterocycles. The summed E-state index contributed by atoms with van der Waals surface area (Å²) < 4.78 is 39.7. The lowest BCUT2D eigenvalue weighted by atomic mass is 9.91. The first-order chi connectivity index (χ1) is 17.8. The molecule has 3 aromatic heterocycles. The molecule has 0 aliphatic heterocycles. The summed E-state index contributed by atoms with van der Waals surface area (Å²) in [5, 5.41) is 4.62. The molecule has 0 aliphatic carbocycles. The van der Waals surface area contributed by atoms with Gasteiger partial charge in [0.1, 0.15) is 29.3 Å². The van der Waals surface area contributed by atoms with Gasteiger partial charge >= 0.3 is 6.09 Å². The first-order valence-corrected chi connectivity index (χ1v) is 12.6. The smallest absolute Gasteiger partial charge is 0.408 e. The number of carbonyl (C=O) groups is 1. The van der Waals surface area contributed by atoms with Crippen molar-refractivity contribution in [1.29, 1.82) is 0 Å². The van der Waals surface area contributed by atoms with E-state index in [0.717, 1.165) is 16.3 Å². The number of ether oxygens (including phenoxy) is 2. The summed E-state index contributed by atoms with van der Waals surface area (Å²) in [6.07, 6.45) is -1.27.